The van der Waals surface area contributed by atoms with E-state index in [9.17, 15) is 9.90 Å². The van der Waals surface area contributed by atoms with Crippen molar-refractivity contribution >= 4 is 5.97 Å². The predicted octanol–water partition coefficient (Wildman–Crippen LogP) is 0.916. The van der Waals surface area contributed by atoms with E-state index in [1.165, 1.54) is 0 Å². The van der Waals surface area contributed by atoms with Crippen molar-refractivity contribution in [2.45, 2.75) is 19.4 Å². The van der Waals surface area contributed by atoms with Crippen molar-refractivity contribution in [3.05, 3.63) is 29.3 Å². The van der Waals surface area contributed by atoms with Crippen LogP contribution in [-0.4, -0.2) is 29.3 Å². The van der Waals surface area contributed by atoms with E-state index in [1.54, 1.807) is 32.2 Å². The van der Waals surface area contributed by atoms with Crippen molar-refractivity contribution in [3.63, 3.8) is 0 Å². The van der Waals surface area contributed by atoms with Crippen LogP contribution in [0.15, 0.2) is 18.2 Å². The predicted molar refractivity (Wildman–Crippen MR) is 57.0 cm³/mol. The molecule has 0 unspecified atom stereocenters. The van der Waals surface area contributed by atoms with Crippen molar-refractivity contribution in [2.24, 2.45) is 0 Å². The first-order valence-corrected chi connectivity index (χ1v) is 4.73. The Morgan fingerprint density at radius 2 is 2.20 bits per heavy atom. The van der Waals surface area contributed by atoms with Crippen LogP contribution in [0.3, 0.4) is 0 Å². The Bertz CT molecular complexity index is 363. The third kappa shape index (κ3) is 2.95. The standard InChI is InChI=1S/C11H15NO3/c1-7-5-8(3-4-10(7)13)6-9(12-2)11(14)15/h3-5,9,12-13H,6H2,1-2H3,(H,14,15)/t9-/m0/s1. The summed E-state index contributed by atoms with van der Waals surface area (Å²) in [6.07, 6.45) is 0.410. The van der Waals surface area contributed by atoms with Gasteiger partial charge in [0, 0.05) is 0 Å². The maximum absolute atomic E-state index is 10.8. The zero-order chi connectivity index (χ0) is 11.4. The Morgan fingerprint density at radius 3 is 2.67 bits per heavy atom. The SMILES string of the molecule is CN[C@@H](Cc1ccc(O)c(C)c1)C(=O)O. The van der Waals surface area contributed by atoms with Gasteiger partial charge < -0.3 is 15.5 Å². The number of aromatic hydroxyl groups is 1. The lowest BCUT2D eigenvalue weighted by atomic mass is 10.0. The first kappa shape index (κ1) is 11.5. The molecule has 4 nitrogen and oxygen atoms in total. The van der Waals surface area contributed by atoms with E-state index in [0.29, 0.717) is 6.42 Å². The second-order valence-corrected chi connectivity index (χ2v) is 3.50. The minimum atomic E-state index is -0.872. The molecule has 1 rings (SSSR count). The number of likely N-dealkylation sites (N-methyl/N-ethyl adjacent to an activating group) is 1. The minimum Gasteiger partial charge on any atom is -0.508 e. The minimum absolute atomic E-state index is 0.232. The van der Waals surface area contributed by atoms with Gasteiger partial charge in [0.1, 0.15) is 11.8 Å². The molecule has 0 heterocycles. The summed E-state index contributed by atoms with van der Waals surface area (Å²) in [4.78, 5) is 10.8. The van der Waals surface area contributed by atoms with Gasteiger partial charge in [0.15, 0.2) is 0 Å². The van der Waals surface area contributed by atoms with Gasteiger partial charge in [-0.2, -0.15) is 0 Å². The number of phenolic OH excluding ortho intramolecular Hbond substituents is 1. The van der Waals surface area contributed by atoms with E-state index in [2.05, 4.69) is 5.32 Å². The molecule has 1 atom stereocenters. The highest BCUT2D eigenvalue weighted by Crippen LogP contribution is 2.17. The molecule has 0 bridgehead atoms. The van der Waals surface area contributed by atoms with E-state index < -0.39 is 12.0 Å². The summed E-state index contributed by atoms with van der Waals surface area (Å²) >= 11 is 0. The van der Waals surface area contributed by atoms with Gasteiger partial charge in [0.2, 0.25) is 0 Å². The second-order valence-electron chi connectivity index (χ2n) is 3.50. The molecule has 1 aromatic carbocycles. The molecule has 0 fully saturated rings. The molecule has 0 amide bonds. The summed E-state index contributed by atoms with van der Waals surface area (Å²) in [6.45, 7) is 1.79. The van der Waals surface area contributed by atoms with Crippen molar-refractivity contribution < 1.29 is 15.0 Å². The summed E-state index contributed by atoms with van der Waals surface area (Å²) in [6, 6.07) is 4.52. The monoisotopic (exact) mass is 209 g/mol. The quantitative estimate of drug-likeness (QED) is 0.689. The normalized spacial score (nSPS) is 12.4. The lowest BCUT2D eigenvalue weighted by Crippen LogP contribution is -2.35. The van der Waals surface area contributed by atoms with E-state index in [-0.39, 0.29) is 5.75 Å². The molecule has 0 aliphatic rings. The van der Waals surface area contributed by atoms with Crippen LogP contribution < -0.4 is 5.32 Å². The van der Waals surface area contributed by atoms with Gasteiger partial charge in [-0.15, -0.1) is 0 Å². The van der Waals surface area contributed by atoms with Gasteiger partial charge in [-0.05, 0) is 37.6 Å². The molecular formula is C11H15NO3. The molecule has 4 heteroatoms. The number of carbonyl (C=O) groups is 1. The number of phenols is 1. The number of aliphatic carboxylic acids is 1. The Balaban J connectivity index is 2.80. The summed E-state index contributed by atoms with van der Waals surface area (Å²) in [5, 5.41) is 20.9. The second kappa shape index (κ2) is 4.79. The van der Waals surface area contributed by atoms with E-state index in [0.717, 1.165) is 11.1 Å². The third-order valence-corrected chi connectivity index (χ3v) is 2.35. The van der Waals surface area contributed by atoms with Crippen molar-refractivity contribution in [3.8, 4) is 5.75 Å². The van der Waals surface area contributed by atoms with Gasteiger partial charge in [0.25, 0.3) is 0 Å². The molecule has 0 aliphatic carbocycles. The fourth-order valence-electron chi connectivity index (χ4n) is 1.39. The third-order valence-electron chi connectivity index (χ3n) is 2.35. The van der Waals surface area contributed by atoms with Crippen molar-refractivity contribution in [1.29, 1.82) is 0 Å². The average Bonchev–Trinajstić information content (AvgIpc) is 2.19. The topological polar surface area (TPSA) is 69.6 Å². The number of hydrogen-bond acceptors (Lipinski definition) is 3. The fourth-order valence-corrected chi connectivity index (χ4v) is 1.39. The van der Waals surface area contributed by atoms with E-state index in [4.69, 9.17) is 5.11 Å². The van der Waals surface area contributed by atoms with Crippen LogP contribution in [0.4, 0.5) is 0 Å². The largest absolute Gasteiger partial charge is 0.508 e. The molecule has 0 saturated heterocycles. The Morgan fingerprint density at radius 1 is 1.53 bits per heavy atom. The molecule has 15 heavy (non-hydrogen) atoms. The molecule has 0 aliphatic heterocycles. The molecule has 0 aromatic heterocycles. The lowest BCUT2D eigenvalue weighted by molar-refractivity contribution is -0.139. The maximum Gasteiger partial charge on any atom is 0.321 e. The fraction of sp³-hybridized carbons (Fsp3) is 0.364. The molecule has 0 spiro atoms. The number of carboxylic acid groups (broad SMARTS) is 1. The summed E-state index contributed by atoms with van der Waals surface area (Å²) in [7, 11) is 1.62. The molecule has 3 N–H and O–H groups in total. The zero-order valence-corrected chi connectivity index (χ0v) is 8.82. The van der Waals surface area contributed by atoms with Crippen LogP contribution in [0.5, 0.6) is 5.75 Å². The average molecular weight is 209 g/mol. The van der Waals surface area contributed by atoms with Gasteiger partial charge in [-0.1, -0.05) is 12.1 Å². The number of hydrogen-bond donors (Lipinski definition) is 3. The van der Waals surface area contributed by atoms with Crippen LogP contribution in [-0.2, 0) is 11.2 Å². The van der Waals surface area contributed by atoms with Gasteiger partial charge in [-0.25, -0.2) is 0 Å². The maximum atomic E-state index is 10.8. The van der Waals surface area contributed by atoms with Crippen LogP contribution in [0.2, 0.25) is 0 Å². The van der Waals surface area contributed by atoms with Crippen LogP contribution in [0, 0.1) is 6.92 Å². The molecule has 0 radical (unpaired) electrons. The summed E-state index contributed by atoms with van der Waals surface area (Å²) < 4.78 is 0. The molecular weight excluding hydrogens is 194 g/mol. The highest BCUT2D eigenvalue weighted by atomic mass is 16.4. The van der Waals surface area contributed by atoms with E-state index in [1.807, 2.05) is 0 Å². The van der Waals surface area contributed by atoms with Crippen molar-refractivity contribution in [2.75, 3.05) is 7.05 Å². The highest BCUT2D eigenvalue weighted by Gasteiger charge is 2.15. The van der Waals surface area contributed by atoms with Crippen LogP contribution >= 0.6 is 0 Å². The number of benzene rings is 1. The summed E-state index contributed by atoms with van der Waals surface area (Å²) in [5.41, 5.74) is 1.65. The number of carboxylic acids is 1. The smallest absolute Gasteiger partial charge is 0.321 e. The number of rotatable bonds is 4. The van der Waals surface area contributed by atoms with Crippen LogP contribution in [0.1, 0.15) is 11.1 Å². The van der Waals surface area contributed by atoms with E-state index >= 15 is 0 Å². The van der Waals surface area contributed by atoms with Gasteiger partial charge in [0.05, 0.1) is 0 Å². The lowest BCUT2D eigenvalue weighted by Gasteiger charge is -2.11. The molecule has 0 saturated carbocycles. The van der Waals surface area contributed by atoms with Gasteiger partial charge >= 0.3 is 5.97 Å². The highest BCUT2D eigenvalue weighted by molar-refractivity contribution is 5.73. The van der Waals surface area contributed by atoms with Crippen molar-refractivity contribution in [1.82, 2.24) is 5.32 Å². The molecule has 1 aromatic rings. The molecule has 82 valence electrons. The first-order chi connectivity index (χ1) is 7.04. The Kier molecular flexibility index (Phi) is 3.68. The first-order valence-electron chi connectivity index (χ1n) is 4.73. The zero-order valence-electron chi connectivity index (χ0n) is 8.82. The number of nitrogens with one attached hydrogen (secondary N) is 1. The Hall–Kier alpha value is -1.55. The van der Waals surface area contributed by atoms with Gasteiger partial charge in [-0.3, -0.25) is 4.79 Å². The summed E-state index contributed by atoms with van der Waals surface area (Å²) in [5.74, 6) is -0.640. The Labute approximate surface area is 88.6 Å². The van der Waals surface area contributed by atoms with Crippen LogP contribution in [0.25, 0.3) is 0 Å². The number of aryl methyl sites for hydroxylation is 1.